The lowest BCUT2D eigenvalue weighted by Crippen LogP contribution is -1.87. The number of rotatable bonds is 2. The lowest BCUT2D eigenvalue weighted by Gasteiger charge is -1.77. The van der Waals surface area contributed by atoms with E-state index in [9.17, 15) is 0 Å². The van der Waals surface area contributed by atoms with Gasteiger partial charge in [0.25, 0.3) is 0 Å². The van der Waals surface area contributed by atoms with E-state index < -0.39 is 0 Å². The molecule has 0 bridgehead atoms. The second-order valence-electron chi connectivity index (χ2n) is 0.368. The molecule has 2 nitrogen and oxygen atoms in total. The summed E-state index contributed by atoms with van der Waals surface area (Å²) in [6.07, 6.45) is 0. The summed E-state index contributed by atoms with van der Waals surface area (Å²) >= 11 is 2.23. The van der Waals surface area contributed by atoms with Gasteiger partial charge in [0.05, 0.1) is 0 Å². The summed E-state index contributed by atoms with van der Waals surface area (Å²) in [6.45, 7) is 0. The first kappa shape index (κ1) is 5.68. The van der Waals surface area contributed by atoms with E-state index in [1.54, 1.807) is 5.84 Å². The van der Waals surface area contributed by atoms with Crippen molar-refractivity contribution in [2.45, 2.75) is 0 Å². The molecule has 0 fully saturated rings. The average Bonchev–Trinajstić information content (AvgIpc) is 1.41. The smallest absolute Gasteiger partial charge is 0.287 e. The summed E-state index contributed by atoms with van der Waals surface area (Å²) in [5.41, 5.74) is 0. The monoisotopic (exact) mass is 107 g/mol. The molecule has 5 heavy (non-hydrogen) atoms. The molecule has 0 aliphatic carbocycles. The van der Waals surface area contributed by atoms with Crippen molar-refractivity contribution in [3.05, 3.63) is 0 Å². The summed E-state index contributed by atoms with van der Waals surface area (Å²) in [5.74, 6) is 1.64. The van der Waals surface area contributed by atoms with Crippen molar-refractivity contribution in [1.29, 1.82) is 0 Å². The normalized spacial score (nSPS) is 7.60. The van der Waals surface area contributed by atoms with Crippen LogP contribution in [0.5, 0.6) is 0 Å². The third-order valence-electron chi connectivity index (χ3n) is 0.111. The highest BCUT2D eigenvalue weighted by atomic mass is 32.2. The SMILES string of the molecule is NS[B]SN. The number of hydrogen-bond acceptors (Lipinski definition) is 4. The molecule has 0 atom stereocenters. The highest BCUT2D eigenvalue weighted by molar-refractivity contribution is 8.49. The molecule has 0 aliphatic rings. The Morgan fingerprint density at radius 1 is 1.20 bits per heavy atom. The van der Waals surface area contributed by atoms with E-state index in [1.165, 1.54) is 0 Å². The van der Waals surface area contributed by atoms with Gasteiger partial charge in [0.2, 0.25) is 0 Å². The first-order chi connectivity index (χ1) is 2.41. The zero-order valence-electron chi connectivity index (χ0n) is 2.55. The average molecular weight is 107 g/mol. The van der Waals surface area contributed by atoms with Crippen LogP contribution < -0.4 is 10.3 Å². The van der Waals surface area contributed by atoms with Crippen LogP contribution in [0.1, 0.15) is 0 Å². The van der Waals surface area contributed by atoms with Gasteiger partial charge in [-0.3, -0.25) is 10.3 Å². The van der Waals surface area contributed by atoms with Gasteiger partial charge in [-0.25, -0.2) is 0 Å². The quantitative estimate of drug-likeness (QED) is 0.377. The molecule has 0 amide bonds. The Balaban J connectivity index is 2.19. The Hall–Kier alpha value is 0.685. The zero-order valence-corrected chi connectivity index (χ0v) is 4.18. The molecule has 0 aromatic carbocycles. The molecule has 0 aliphatic heterocycles. The van der Waals surface area contributed by atoms with Crippen LogP contribution in [-0.2, 0) is 0 Å². The van der Waals surface area contributed by atoms with Crippen LogP contribution in [0, 0.1) is 0 Å². The van der Waals surface area contributed by atoms with Crippen LogP contribution in [0.3, 0.4) is 0 Å². The van der Waals surface area contributed by atoms with Gasteiger partial charge >= 0.3 is 5.84 Å². The van der Waals surface area contributed by atoms with E-state index in [1.807, 2.05) is 0 Å². The third-order valence-corrected chi connectivity index (χ3v) is 1.00. The predicted molar refractivity (Wildman–Crippen MR) is 29.3 cm³/mol. The molecule has 0 heterocycles. The van der Waals surface area contributed by atoms with E-state index in [0.717, 1.165) is 23.6 Å². The van der Waals surface area contributed by atoms with E-state index in [2.05, 4.69) is 0 Å². The van der Waals surface area contributed by atoms with Crippen LogP contribution in [0.2, 0.25) is 0 Å². The van der Waals surface area contributed by atoms with E-state index >= 15 is 0 Å². The second-order valence-corrected chi connectivity index (χ2v) is 1.68. The minimum Gasteiger partial charge on any atom is -0.287 e. The van der Waals surface area contributed by atoms with E-state index in [4.69, 9.17) is 10.3 Å². The van der Waals surface area contributed by atoms with Crippen molar-refractivity contribution in [3.63, 3.8) is 0 Å². The van der Waals surface area contributed by atoms with Gasteiger partial charge in [-0.2, -0.15) is 0 Å². The molecule has 5 heteroatoms. The number of hydrogen-bond donors (Lipinski definition) is 2. The molecule has 0 saturated carbocycles. The first-order valence-corrected chi connectivity index (χ1v) is 2.83. The molecule has 0 aromatic rings. The molecule has 0 rings (SSSR count). The molecule has 0 saturated heterocycles. The fraction of sp³-hybridized carbons (Fsp3) is 0. The fourth-order valence-corrected chi connectivity index (χ4v) is 0.289. The summed E-state index contributed by atoms with van der Waals surface area (Å²) < 4.78 is 0. The lowest BCUT2D eigenvalue weighted by molar-refractivity contribution is 2.06. The van der Waals surface area contributed by atoms with Crippen LogP contribution in [0.15, 0.2) is 0 Å². The summed E-state index contributed by atoms with van der Waals surface area (Å²) in [6, 6.07) is 0. The van der Waals surface area contributed by atoms with Crippen molar-refractivity contribution >= 4 is 29.4 Å². The highest BCUT2D eigenvalue weighted by Crippen LogP contribution is 1.88. The maximum absolute atomic E-state index is 4.90. The zero-order chi connectivity index (χ0) is 4.12. The predicted octanol–water partition coefficient (Wildman–Crippen LogP) is -0.266. The van der Waals surface area contributed by atoms with Crippen molar-refractivity contribution < 1.29 is 0 Å². The summed E-state index contributed by atoms with van der Waals surface area (Å²) in [7, 11) is 0. The molecule has 0 aromatic heterocycles. The maximum Gasteiger partial charge on any atom is 0.309 e. The topological polar surface area (TPSA) is 52.0 Å². The Bertz CT molecular complexity index is 15.1. The Labute approximate surface area is 40.4 Å². The van der Waals surface area contributed by atoms with Crippen LogP contribution >= 0.6 is 23.6 Å². The highest BCUT2D eigenvalue weighted by Gasteiger charge is 1.75. The standard InChI is InChI=1S/BH4N2S2/c2-4-1-5-3/h2-3H2. The van der Waals surface area contributed by atoms with Gasteiger partial charge in [-0.1, -0.05) is 0 Å². The summed E-state index contributed by atoms with van der Waals surface area (Å²) in [4.78, 5) is 0. The van der Waals surface area contributed by atoms with E-state index in [0.29, 0.717) is 0 Å². The van der Waals surface area contributed by atoms with Gasteiger partial charge in [-0.15, -0.1) is 23.6 Å². The van der Waals surface area contributed by atoms with Gasteiger partial charge in [0, 0.05) is 0 Å². The molecule has 0 unspecified atom stereocenters. The van der Waals surface area contributed by atoms with Crippen molar-refractivity contribution in [1.82, 2.24) is 0 Å². The molecule has 4 N–H and O–H groups in total. The molecular formula is H4BN2S2. The largest absolute Gasteiger partial charge is 0.309 e. The van der Waals surface area contributed by atoms with Gasteiger partial charge in [0.1, 0.15) is 0 Å². The van der Waals surface area contributed by atoms with Gasteiger partial charge in [0.15, 0.2) is 0 Å². The molecule has 1 radical (unpaired) electrons. The van der Waals surface area contributed by atoms with Crippen molar-refractivity contribution in [2.24, 2.45) is 10.3 Å². The Morgan fingerprint density at radius 2 is 1.60 bits per heavy atom. The lowest BCUT2D eigenvalue weighted by atomic mass is 10.7. The van der Waals surface area contributed by atoms with Gasteiger partial charge < -0.3 is 0 Å². The van der Waals surface area contributed by atoms with Gasteiger partial charge in [-0.05, 0) is 0 Å². The van der Waals surface area contributed by atoms with E-state index in [-0.39, 0.29) is 0 Å². The summed E-state index contributed by atoms with van der Waals surface area (Å²) in [5, 5.41) is 9.80. The van der Waals surface area contributed by atoms with Crippen LogP contribution in [-0.4, -0.2) is 5.84 Å². The fourth-order valence-electron chi connectivity index (χ4n) is 0.0321. The van der Waals surface area contributed by atoms with Crippen LogP contribution in [0.4, 0.5) is 0 Å². The first-order valence-electron chi connectivity index (χ1n) is 0.943. The molecular weight excluding hydrogens is 103 g/mol. The van der Waals surface area contributed by atoms with Crippen molar-refractivity contribution in [2.75, 3.05) is 0 Å². The maximum atomic E-state index is 4.90. The Morgan fingerprint density at radius 3 is 1.60 bits per heavy atom. The van der Waals surface area contributed by atoms with Crippen LogP contribution in [0.25, 0.3) is 0 Å². The minimum absolute atomic E-state index is 1.11. The molecule has 29 valence electrons. The van der Waals surface area contributed by atoms with Crippen molar-refractivity contribution in [3.8, 4) is 0 Å². The molecule has 0 spiro atoms. The second kappa shape index (κ2) is 4.68. The minimum atomic E-state index is 1.11. The number of nitrogens with two attached hydrogens (primary N) is 2. The third kappa shape index (κ3) is 4.68. The Kier molecular flexibility index (Phi) is 5.33.